The van der Waals surface area contributed by atoms with E-state index in [-0.39, 0.29) is 0 Å². The molecule has 4 nitrogen and oxygen atoms in total. The van der Waals surface area contributed by atoms with Gasteiger partial charge in [-0.25, -0.2) is 4.68 Å². The number of benzene rings is 1. The molecule has 5 heteroatoms. The normalized spacial score (nSPS) is 10.4. The first-order chi connectivity index (χ1) is 8.25. The molecular formula is C12H14N4S. The summed E-state index contributed by atoms with van der Waals surface area (Å²) in [6.07, 6.45) is 0. The van der Waals surface area contributed by atoms with Gasteiger partial charge in [0.05, 0.1) is 6.54 Å². The number of thioether (sulfide) groups is 1. The molecule has 1 heterocycles. The summed E-state index contributed by atoms with van der Waals surface area (Å²) < 4.78 is 1.81. The van der Waals surface area contributed by atoms with Gasteiger partial charge in [0, 0.05) is 5.75 Å². The zero-order valence-corrected chi connectivity index (χ0v) is 10.5. The van der Waals surface area contributed by atoms with Gasteiger partial charge in [0.2, 0.25) is 5.16 Å². The summed E-state index contributed by atoms with van der Waals surface area (Å²) in [5.74, 6) is 0.842. The van der Waals surface area contributed by atoms with E-state index in [9.17, 15) is 0 Å². The van der Waals surface area contributed by atoms with Gasteiger partial charge in [-0.3, -0.25) is 0 Å². The standard InChI is InChI=1S/C12H14N4S/c1-10(2)9-17-12-13-14-15-16(12)8-11-6-4-3-5-7-11/h3-7H,1,8-9H2,2H3. The van der Waals surface area contributed by atoms with Crippen molar-refractivity contribution in [2.75, 3.05) is 5.75 Å². The van der Waals surface area contributed by atoms with Gasteiger partial charge < -0.3 is 0 Å². The molecule has 0 atom stereocenters. The van der Waals surface area contributed by atoms with Crippen molar-refractivity contribution in [1.82, 2.24) is 20.2 Å². The van der Waals surface area contributed by atoms with E-state index in [0.29, 0.717) is 6.54 Å². The Kier molecular flexibility index (Phi) is 3.93. The number of aromatic nitrogens is 4. The molecule has 17 heavy (non-hydrogen) atoms. The Bertz CT molecular complexity index is 492. The van der Waals surface area contributed by atoms with E-state index in [1.165, 1.54) is 5.56 Å². The second kappa shape index (κ2) is 5.63. The number of hydrogen-bond acceptors (Lipinski definition) is 4. The van der Waals surface area contributed by atoms with Crippen LogP contribution in [-0.4, -0.2) is 26.0 Å². The molecule has 0 N–H and O–H groups in total. The molecule has 88 valence electrons. The van der Waals surface area contributed by atoms with Crippen molar-refractivity contribution in [2.24, 2.45) is 0 Å². The predicted molar refractivity (Wildman–Crippen MR) is 68.9 cm³/mol. The zero-order chi connectivity index (χ0) is 12.1. The molecule has 0 fully saturated rings. The summed E-state index contributed by atoms with van der Waals surface area (Å²) in [6.45, 7) is 6.57. The third-order valence-corrected chi connectivity index (χ3v) is 3.31. The lowest BCUT2D eigenvalue weighted by molar-refractivity contribution is 0.603. The zero-order valence-electron chi connectivity index (χ0n) is 9.71. The topological polar surface area (TPSA) is 43.6 Å². The minimum Gasteiger partial charge on any atom is -0.216 e. The fourth-order valence-corrected chi connectivity index (χ4v) is 2.06. The Morgan fingerprint density at radius 2 is 2.12 bits per heavy atom. The van der Waals surface area contributed by atoms with E-state index in [0.717, 1.165) is 16.5 Å². The van der Waals surface area contributed by atoms with Gasteiger partial charge in [-0.05, 0) is 22.9 Å². The summed E-state index contributed by atoms with van der Waals surface area (Å²) >= 11 is 1.61. The van der Waals surface area contributed by atoms with Gasteiger partial charge in [0.15, 0.2) is 0 Å². The molecule has 0 spiro atoms. The van der Waals surface area contributed by atoms with Crippen LogP contribution in [0.2, 0.25) is 0 Å². The Labute approximate surface area is 105 Å². The van der Waals surface area contributed by atoms with Crippen LogP contribution in [0.5, 0.6) is 0 Å². The van der Waals surface area contributed by atoms with Crippen LogP contribution < -0.4 is 0 Å². The first-order valence-corrected chi connectivity index (χ1v) is 6.31. The second-order valence-electron chi connectivity index (χ2n) is 3.85. The lowest BCUT2D eigenvalue weighted by atomic mass is 10.2. The lowest BCUT2D eigenvalue weighted by Crippen LogP contribution is -2.04. The highest BCUT2D eigenvalue weighted by Crippen LogP contribution is 2.17. The van der Waals surface area contributed by atoms with Crippen LogP contribution in [0.3, 0.4) is 0 Å². The molecule has 1 aromatic carbocycles. The Morgan fingerprint density at radius 1 is 1.35 bits per heavy atom. The van der Waals surface area contributed by atoms with Crippen LogP contribution in [0.15, 0.2) is 47.6 Å². The molecule has 0 radical (unpaired) electrons. The molecule has 0 amide bonds. The number of hydrogen-bond donors (Lipinski definition) is 0. The monoisotopic (exact) mass is 246 g/mol. The van der Waals surface area contributed by atoms with Crippen molar-refractivity contribution in [3.8, 4) is 0 Å². The minimum atomic E-state index is 0.701. The third kappa shape index (κ3) is 3.42. The summed E-state index contributed by atoms with van der Waals surface area (Å²) in [6, 6.07) is 10.2. The van der Waals surface area contributed by atoms with Crippen LogP contribution in [-0.2, 0) is 6.54 Å². The Morgan fingerprint density at radius 3 is 2.82 bits per heavy atom. The maximum atomic E-state index is 4.01. The SMILES string of the molecule is C=C(C)CSc1nnnn1Cc1ccccc1. The Balaban J connectivity index is 2.06. The number of nitrogens with zero attached hydrogens (tertiary/aromatic N) is 4. The molecule has 0 bridgehead atoms. The maximum Gasteiger partial charge on any atom is 0.209 e. The summed E-state index contributed by atoms with van der Waals surface area (Å²) in [5, 5.41) is 12.5. The first-order valence-electron chi connectivity index (χ1n) is 5.33. The third-order valence-electron chi connectivity index (χ3n) is 2.12. The van der Waals surface area contributed by atoms with Gasteiger partial charge in [-0.2, -0.15) is 0 Å². The molecular weight excluding hydrogens is 232 g/mol. The first kappa shape index (κ1) is 11.9. The minimum absolute atomic E-state index is 0.701. The fourth-order valence-electron chi connectivity index (χ4n) is 1.34. The van der Waals surface area contributed by atoms with Crippen molar-refractivity contribution in [3.63, 3.8) is 0 Å². The van der Waals surface area contributed by atoms with Crippen molar-refractivity contribution in [3.05, 3.63) is 48.0 Å². The molecule has 0 saturated carbocycles. The van der Waals surface area contributed by atoms with Crippen molar-refractivity contribution in [2.45, 2.75) is 18.6 Å². The molecule has 0 aliphatic carbocycles. The highest BCUT2D eigenvalue weighted by atomic mass is 32.2. The fraction of sp³-hybridized carbons (Fsp3) is 0.250. The molecule has 0 unspecified atom stereocenters. The largest absolute Gasteiger partial charge is 0.216 e. The van der Waals surface area contributed by atoms with Gasteiger partial charge >= 0.3 is 0 Å². The smallest absolute Gasteiger partial charge is 0.209 e. The molecule has 0 aliphatic rings. The van der Waals surface area contributed by atoms with Crippen LogP contribution in [0, 0.1) is 0 Å². The molecule has 0 aliphatic heterocycles. The Hall–Kier alpha value is -1.62. The summed E-state index contributed by atoms with van der Waals surface area (Å²) in [7, 11) is 0. The van der Waals surface area contributed by atoms with Gasteiger partial charge in [0.25, 0.3) is 0 Å². The maximum absolute atomic E-state index is 4.01. The van der Waals surface area contributed by atoms with E-state index in [1.807, 2.05) is 29.8 Å². The molecule has 0 saturated heterocycles. The summed E-state index contributed by atoms with van der Waals surface area (Å²) in [4.78, 5) is 0. The van der Waals surface area contributed by atoms with E-state index in [4.69, 9.17) is 0 Å². The molecule has 2 aromatic rings. The number of rotatable bonds is 5. The van der Waals surface area contributed by atoms with Crippen molar-refractivity contribution in [1.29, 1.82) is 0 Å². The van der Waals surface area contributed by atoms with Gasteiger partial charge in [0.1, 0.15) is 0 Å². The van der Waals surface area contributed by atoms with Crippen LogP contribution in [0.25, 0.3) is 0 Å². The average Bonchev–Trinajstić information content (AvgIpc) is 2.75. The predicted octanol–water partition coefficient (Wildman–Crippen LogP) is 2.39. The highest BCUT2D eigenvalue weighted by molar-refractivity contribution is 7.99. The van der Waals surface area contributed by atoms with E-state index in [2.05, 4.69) is 34.2 Å². The van der Waals surface area contributed by atoms with Gasteiger partial charge in [-0.1, -0.05) is 54.2 Å². The van der Waals surface area contributed by atoms with E-state index >= 15 is 0 Å². The van der Waals surface area contributed by atoms with E-state index in [1.54, 1.807) is 11.8 Å². The number of tetrazole rings is 1. The molecule has 1 aromatic heterocycles. The molecule has 2 rings (SSSR count). The van der Waals surface area contributed by atoms with Crippen LogP contribution >= 0.6 is 11.8 Å². The highest BCUT2D eigenvalue weighted by Gasteiger charge is 2.06. The second-order valence-corrected chi connectivity index (χ2v) is 4.79. The average molecular weight is 246 g/mol. The lowest BCUT2D eigenvalue weighted by Gasteiger charge is -2.04. The quantitative estimate of drug-likeness (QED) is 0.600. The van der Waals surface area contributed by atoms with Crippen molar-refractivity contribution >= 4 is 11.8 Å². The summed E-state index contributed by atoms with van der Waals surface area (Å²) in [5.41, 5.74) is 2.31. The van der Waals surface area contributed by atoms with Crippen molar-refractivity contribution < 1.29 is 0 Å². The van der Waals surface area contributed by atoms with Gasteiger partial charge in [-0.15, -0.1) is 5.10 Å². The van der Waals surface area contributed by atoms with Crippen LogP contribution in [0.4, 0.5) is 0 Å². The van der Waals surface area contributed by atoms with E-state index < -0.39 is 0 Å². The van der Waals surface area contributed by atoms with Crippen LogP contribution in [0.1, 0.15) is 12.5 Å².